The maximum atomic E-state index is 13.5. The number of piperidine rings is 2. The lowest BCUT2D eigenvalue weighted by Crippen LogP contribution is -2.60. The van der Waals surface area contributed by atoms with E-state index in [4.69, 9.17) is 4.98 Å². The lowest BCUT2D eigenvalue weighted by atomic mass is 9.72. The minimum absolute atomic E-state index is 0.00952. The van der Waals surface area contributed by atoms with Gasteiger partial charge in [-0.05, 0) is 75.0 Å². The number of imidazole rings is 1. The third-order valence-electron chi connectivity index (χ3n) is 9.45. The molecule has 0 aromatic carbocycles. The summed E-state index contributed by atoms with van der Waals surface area (Å²) in [7, 11) is 0. The van der Waals surface area contributed by atoms with E-state index in [9.17, 15) is 4.79 Å². The Kier molecular flexibility index (Phi) is 6.01. The number of hydrogen-bond donors (Lipinski definition) is 1. The molecule has 1 spiro atoms. The molecule has 7 heterocycles. The normalized spacial score (nSPS) is 21.0. The Balaban J connectivity index is 1.08. The predicted molar refractivity (Wildman–Crippen MR) is 155 cm³/mol. The molecule has 4 aromatic rings. The molecule has 7 rings (SSSR count). The molecule has 0 unspecified atom stereocenters. The first-order chi connectivity index (χ1) is 18.9. The number of aromatic nitrogens is 4. The number of hydrogen-bond acceptors (Lipinski definition) is 6. The molecule has 0 saturated carbocycles. The van der Waals surface area contributed by atoms with Crippen molar-refractivity contribution >= 4 is 22.1 Å². The summed E-state index contributed by atoms with van der Waals surface area (Å²) in [6, 6.07) is 6.36. The van der Waals surface area contributed by atoms with Crippen molar-refractivity contribution in [2.75, 3.05) is 44.2 Å². The van der Waals surface area contributed by atoms with E-state index in [-0.39, 0.29) is 5.56 Å². The summed E-state index contributed by atoms with van der Waals surface area (Å²) in [4.78, 5) is 27.7. The van der Waals surface area contributed by atoms with E-state index in [2.05, 4.69) is 68.9 Å². The molecule has 4 aromatic heterocycles. The Morgan fingerprint density at radius 1 is 0.923 bits per heavy atom. The van der Waals surface area contributed by atoms with Gasteiger partial charge in [0.15, 0.2) is 0 Å². The quantitative estimate of drug-likeness (QED) is 0.426. The standard InChI is InChI=1S/C31H39N7O/c1-30(2)8-13-35(14-9-30)17-23-3-4-28-34-24(20-37(28)18-23)19-36-12-5-25-26(29(36)39)15-33-16-27(25)38-21-31(22-38)6-10-32-11-7-31/h3-5,12,15-16,18,20,32H,6-11,13-14,17,19,21-22H2,1-2H3. The fourth-order valence-corrected chi connectivity index (χ4v) is 6.78. The van der Waals surface area contributed by atoms with E-state index in [1.165, 1.54) is 31.2 Å². The molecule has 0 aliphatic carbocycles. The second kappa shape index (κ2) is 9.45. The van der Waals surface area contributed by atoms with E-state index in [0.717, 1.165) is 68.2 Å². The van der Waals surface area contributed by atoms with Gasteiger partial charge >= 0.3 is 0 Å². The number of fused-ring (bicyclic) bond motifs is 2. The summed E-state index contributed by atoms with van der Waals surface area (Å²) in [6.45, 7) is 12.8. The Bertz CT molecular complexity index is 1560. The molecule has 3 fully saturated rings. The SMILES string of the molecule is CC1(C)CCN(Cc2ccc3nc(Cn4ccc5c(N6CC7(CCNCC7)C6)cncc5c4=O)cn3c2)CC1. The Morgan fingerprint density at radius 3 is 2.51 bits per heavy atom. The third kappa shape index (κ3) is 4.74. The summed E-state index contributed by atoms with van der Waals surface area (Å²) in [5.74, 6) is 0. The van der Waals surface area contributed by atoms with Gasteiger partial charge in [0.05, 0.1) is 29.5 Å². The van der Waals surface area contributed by atoms with E-state index in [0.29, 0.717) is 22.8 Å². The van der Waals surface area contributed by atoms with Crippen LogP contribution >= 0.6 is 0 Å². The lowest BCUT2D eigenvalue weighted by Gasteiger charge is -2.53. The first kappa shape index (κ1) is 24.8. The van der Waals surface area contributed by atoms with Gasteiger partial charge in [-0.1, -0.05) is 19.9 Å². The molecule has 39 heavy (non-hydrogen) atoms. The highest BCUT2D eigenvalue weighted by atomic mass is 16.1. The third-order valence-corrected chi connectivity index (χ3v) is 9.45. The van der Waals surface area contributed by atoms with E-state index >= 15 is 0 Å². The number of likely N-dealkylation sites (tertiary alicyclic amines) is 1. The van der Waals surface area contributed by atoms with Crippen LogP contribution in [0.2, 0.25) is 0 Å². The first-order valence-corrected chi connectivity index (χ1v) is 14.5. The summed E-state index contributed by atoms with van der Waals surface area (Å²) >= 11 is 0. The Labute approximate surface area is 229 Å². The van der Waals surface area contributed by atoms with Crippen LogP contribution < -0.4 is 15.8 Å². The van der Waals surface area contributed by atoms with Crippen LogP contribution in [0.4, 0.5) is 5.69 Å². The van der Waals surface area contributed by atoms with Gasteiger partial charge < -0.3 is 19.2 Å². The van der Waals surface area contributed by atoms with Crippen LogP contribution in [0, 0.1) is 10.8 Å². The number of nitrogens with zero attached hydrogens (tertiary/aromatic N) is 6. The van der Waals surface area contributed by atoms with Crippen LogP contribution in [-0.2, 0) is 13.1 Å². The van der Waals surface area contributed by atoms with Crippen LogP contribution in [0.25, 0.3) is 16.4 Å². The number of pyridine rings is 3. The smallest absolute Gasteiger partial charge is 0.260 e. The van der Waals surface area contributed by atoms with Crippen molar-refractivity contribution in [2.24, 2.45) is 10.8 Å². The number of anilines is 1. The van der Waals surface area contributed by atoms with E-state index in [1.54, 1.807) is 10.8 Å². The Morgan fingerprint density at radius 2 is 1.72 bits per heavy atom. The fraction of sp³-hybridized carbons (Fsp3) is 0.516. The van der Waals surface area contributed by atoms with Gasteiger partial charge in [-0.3, -0.25) is 14.7 Å². The molecule has 1 N–H and O–H groups in total. The van der Waals surface area contributed by atoms with Crippen LogP contribution in [0.5, 0.6) is 0 Å². The molecule has 3 aliphatic rings. The zero-order valence-corrected chi connectivity index (χ0v) is 23.2. The summed E-state index contributed by atoms with van der Waals surface area (Å²) in [6.07, 6.45) is 14.8. The molecule has 0 radical (unpaired) electrons. The van der Waals surface area contributed by atoms with Crippen molar-refractivity contribution in [2.45, 2.75) is 52.6 Å². The van der Waals surface area contributed by atoms with Crippen molar-refractivity contribution in [1.29, 1.82) is 0 Å². The van der Waals surface area contributed by atoms with E-state index in [1.807, 2.05) is 12.4 Å². The first-order valence-electron chi connectivity index (χ1n) is 14.5. The van der Waals surface area contributed by atoms with Crippen LogP contribution in [0.1, 0.15) is 50.8 Å². The van der Waals surface area contributed by atoms with Gasteiger partial charge in [0.25, 0.3) is 5.56 Å². The van der Waals surface area contributed by atoms with Crippen LogP contribution in [0.3, 0.4) is 0 Å². The summed E-state index contributed by atoms with van der Waals surface area (Å²) in [5.41, 5.74) is 5.05. The topological polar surface area (TPSA) is 70.7 Å². The average Bonchev–Trinajstić information content (AvgIpc) is 3.32. The van der Waals surface area contributed by atoms with Crippen molar-refractivity contribution in [3.8, 4) is 0 Å². The van der Waals surface area contributed by atoms with Gasteiger partial charge in [0.2, 0.25) is 0 Å². The minimum Gasteiger partial charge on any atom is -0.369 e. The predicted octanol–water partition coefficient (Wildman–Crippen LogP) is 3.90. The molecule has 3 aliphatic heterocycles. The highest BCUT2D eigenvalue weighted by Gasteiger charge is 2.43. The maximum Gasteiger partial charge on any atom is 0.260 e. The monoisotopic (exact) mass is 525 g/mol. The number of nitrogens with one attached hydrogen (secondary N) is 1. The summed E-state index contributed by atoms with van der Waals surface area (Å²) in [5, 5.41) is 5.15. The molecule has 8 heteroatoms. The molecule has 8 nitrogen and oxygen atoms in total. The van der Waals surface area contributed by atoms with E-state index < -0.39 is 0 Å². The van der Waals surface area contributed by atoms with Gasteiger partial charge in [-0.15, -0.1) is 0 Å². The van der Waals surface area contributed by atoms with Gasteiger partial charge in [-0.2, -0.15) is 0 Å². The molecule has 3 saturated heterocycles. The molecule has 0 bridgehead atoms. The van der Waals surface area contributed by atoms with Gasteiger partial charge in [-0.25, -0.2) is 4.98 Å². The molecule has 0 atom stereocenters. The van der Waals surface area contributed by atoms with Gasteiger partial charge in [0.1, 0.15) is 5.65 Å². The maximum absolute atomic E-state index is 13.5. The fourth-order valence-electron chi connectivity index (χ4n) is 6.78. The van der Waals surface area contributed by atoms with Crippen molar-refractivity contribution < 1.29 is 0 Å². The van der Waals surface area contributed by atoms with Crippen molar-refractivity contribution in [3.63, 3.8) is 0 Å². The number of rotatable bonds is 5. The second-order valence-electron chi connectivity index (χ2n) is 13.0. The highest BCUT2D eigenvalue weighted by Crippen LogP contribution is 2.42. The molecular formula is C31H39N7O. The van der Waals surface area contributed by atoms with Crippen molar-refractivity contribution in [3.05, 3.63) is 70.8 Å². The zero-order valence-electron chi connectivity index (χ0n) is 23.2. The second-order valence-corrected chi connectivity index (χ2v) is 13.0. The van der Waals surface area contributed by atoms with Gasteiger partial charge in [0, 0.05) is 55.2 Å². The summed E-state index contributed by atoms with van der Waals surface area (Å²) < 4.78 is 3.86. The minimum atomic E-state index is -0.00952. The van der Waals surface area contributed by atoms with Crippen LogP contribution in [-0.4, -0.2) is 63.1 Å². The average molecular weight is 526 g/mol. The Hall–Kier alpha value is -3.23. The molecular weight excluding hydrogens is 486 g/mol. The lowest BCUT2D eigenvalue weighted by molar-refractivity contribution is 0.127. The largest absolute Gasteiger partial charge is 0.369 e. The van der Waals surface area contributed by atoms with Crippen LogP contribution in [0.15, 0.2) is 54.0 Å². The van der Waals surface area contributed by atoms with Crippen molar-refractivity contribution in [1.82, 2.24) is 29.2 Å². The zero-order chi connectivity index (χ0) is 26.6. The molecule has 0 amide bonds. The highest BCUT2D eigenvalue weighted by molar-refractivity contribution is 5.93. The molecule has 204 valence electrons.